The maximum atomic E-state index is 12.3. The van der Waals surface area contributed by atoms with Gasteiger partial charge < -0.3 is 0 Å². The van der Waals surface area contributed by atoms with Crippen molar-refractivity contribution in [2.24, 2.45) is 0 Å². The summed E-state index contributed by atoms with van der Waals surface area (Å²) in [5.41, 5.74) is 6.92. The fraction of sp³-hybridized carbons (Fsp3) is 0.316. The summed E-state index contributed by atoms with van der Waals surface area (Å²) in [6, 6.07) is 12.5. The lowest BCUT2D eigenvalue weighted by molar-refractivity contribution is 0.0982. The summed E-state index contributed by atoms with van der Waals surface area (Å²) in [6.07, 6.45) is 1.39. The quantitative estimate of drug-likeness (QED) is 0.731. The first kappa shape index (κ1) is 14.5. The van der Waals surface area contributed by atoms with Crippen molar-refractivity contribution in [2.45, 2.75) is 40.5 Å². The van der Waals surface area contributed by atoms with Crippen LogP contribution in [-0.2, 0) is 6.42 Å². The Labute approximate surface area is 121 Å². The maximum Gasteiger partial charge on any atom is 0.163 e. The van der Waals surface area contributed by atoms with Crippen molar-refractivity contribution in [1.29, 1.82) is 0 Å². The van der Waals surface area contributed by atoms with Crippen molar-refractivity contribution in [1.82, 2.24) is 0 Å². The van der Waals surface area contributed by atoms with Gasteiger partial charge in [-0.1, -0.05) is 35.9 Å². The van der Waals surface area contributed by atoms with Crippen LogP contribution in [-0.4, -0.2) is 5.78 Å². The Kier molecular flexibility index (Phi) is 4.39. The SMILES string of the molecule is Cc1ccc(C)c(C(=O)CCc2ccc(C)c(C)c2)c1. The Balaban J connectivity index is 2.08. The molecule has 0 saturated carbocycles. The Bertz CT molecular complexity index is 638. The normalized spacial score (nSPS) is 10.6. The number of ketones is 1. The van der Waals surface area contributed by atoms with E-state index in [2.05, 4.69) is 38.1 Å². The van der Waals surface area contributed by atoms with Crippen LogP contribution in [0, 0.1) is 27.7 Å². The topological polar surface area (TPSA) is 17.1 Å². The number of benzene rings is 2. The van der Waals surface area contributed by atoms with E-state index in [4.69, 9.17) is 0 Å². The molecule has 0 atom stereocenters. The van der Waals surface area contributed by atoms with Crippen LogP contribution in [0.15, 0.2) is 36.4 Å². The molecule has 0 aliphatic carbocycles. The molecule has 1 heteroatoms. The fourth-order valence-corrected chi connectivity index (χ4v) is 2.39. The predicted octanol–water partition coefficient (Wildman–Crippen LogP) is 4.74. The van der Waals surface area contributed by atoms with Gasteiger partial charge in [-0.25, -0.2) is 0 Å². The van der Waals surface area contributed by atoms with E-state index in [0.29, 0.717) is 6.42 Å². The highest BCUT2D eigenvalue weighted by molar-refractivity contribution is 5.97. The molecule has 20 heavy (non-hydrogen) atoms. The third kappa shape index (κ3) is 3.36. The van der Waals surface area contributed by atoms with Gasteiger partial charge in [-0.2, -0.15) is 0 Å². The molecule has 0 radical (unpaired) electrons. The summed E-state index contributed by atoms with van der Waals surface area (Å²) in [5, 5.41) is 0. The van der Waals surface area contributed by atoms with E-state index in [1.807, 2.05) is 26.0 Å². The lowest BCUT2D eigenvalue weighted by Gasteiger charge is -2.08. The molecule has 0 saturated heterocycles. The van der Waals surface area contributed by atoms with Crippen LogP contribution in [0.1, 0.15) is 44.6 Å². The molecule has 0 amide bonds. The van der Waals surface area contributed by atoms with Crippen molar-refractivity contribution < 1.29 is 4.79 Å². The molecule has 0 heterocycles. The molecule has 0 bridgehead atoms. The summed E-state index contributed by atoms with van der Waals surface area (Å²) in [5.74, 6) is 0.240. The molecular weight excluding hydrogens is 244 g/mol. The predicted molar refractivity (Wildman–Crippen MR) is 84.5 cm³/mol. The first-order valence-corrected chi connectivity index (χ1v) is 7.14. The molecule has 2 aromatic rings. The molecule has 0 N–H and O–H groups in total. The van der Waals surface area contributed by atoms with Crippen LogP contribution < -0.4 is 0 Å². The van der Waals surface area contributed by atoms with Gasteiger partial charge in [-0.05, 0) is 62.4 Å². The van der Waals surface area contributed by atoms with Gasteiger partial charge in [-0.15, -0.1) is 0 Å². The number of carbonyl (C=O) groups is 1. The molecule has 1 nitrogen and oxygen atoms in total. The second-order valence-electron chi connectivity index (χ2n) is 5.66. The van der Waals surface area contributed by atoms with Crippen LogP contribution >= 0.6 is 0 Å². The van der Waals surface area contributed by atoms with E-state index >= 15 is 0 Å². The fourth-order valence-electron chi connectivity index (χ4n) is 2.39. The third-order valence-electron chi connectivity index (χ3n) is 3.91. The van der Waals surface area contributed by atoms with E-state index in [1.165, 1.54) is 16.7 Å². The van der Waals surface area contributed by atoms with E-state index in [-0.39, 0.29) is 5.78 Å². The first-order chi connectivity index (χ1) is 9.47. The van der Waals surface area contributed by atoms with E-state index < -0.39 is 0 Å². The lowest BCUT2D eigenvalue weighted by atomic mass is 9.96. The Morgan fingerprint density at radius 2 is 1.55 bits per heavy atom. The van der Waals surface area contributed by atoms with Crippen molar-refractivity contribution in [2.75, 3.05) is 0 Å². The zero-order chi connectivity index (χ0) is 14.7. The highest BCUT2D eigenvalue weighted by Crippen LogP contribution is 2.16. The first-order valence-electron chi connectivity index (χ1n) is 7.14. The molecule has 0 aromatic heterocycles. The second-order valence-corrected chi connectivity index (χ2v) is 5.66. The second kappa shape index (κ2) is 6.04. The van der Waals surface area contributed by atoms with E-state index in [1.54, 1.807) is 0 Å². The Hall–Kier alpha value is -1.89. The van der Waals surface area contributed by atoms with Crippen molar-refractivity contribution >= 4 is 5.78 Å². The molecule has 0 aliphatic rings. The number of Topliss-reactive ketones (excluding diaryl/α,β-unsaturated/α-hetero) is 1. The minimum absolute atomic E-state index is 0.240. The highest BCUT2D eigenvalue weighted by Gasteiger charge is 2.09. The van der Waals surface area contributed by atoms with Gasteiger partial charge in [0.2, 0.25) is 0 Å². The van der Waals surface area contributed by atoms with Crippen LogP contribution in [0.2, 0.25) is 0 Å². The summed E-state index contributed by atoms with van der Waals surface area (Å²) in [4.78, 5) is 12.3. The average molecular weight is 266 g/mol. The number of rotatable bonds is 4. The maximum absolute atomic E-state index is 12.3. The zero-order valence-electron chi connectivity index (χ0n) is 12.8. The van der Waals surface area contributed by atoms with Gasteiger partial charge in [0.15, 0.2) is 5.78 Å². The van der Waals surface area contributed by atoms with Gasteiger partial charge in [0.25, 0.3) is 0 Å². The summed E-state index contributed by atoms with van der Waals surface area (Å²) >= 11 is 0. The summed E-state index contributed by atoms with van der Waals surface area (Å²) in [6.45, 7) is 8.26. The molecule has 0 aliphatic heterocycles. The van der Waals surface area contributed by atoms with E-state index in [9.17, 15) is 4.79 Å². The third-order valence-corrected chi connectivity index (χ3v) is 3.91. The molecule has 0 spiro atoms. The number of aryl methyl sites for hydroxylation is 5. The lowest BCUT2D eigenvalue weighted by Crippen LogP contribution is -2.04. The van der Waals surface area contributed by atoms with Gasteiger partial charge in [0, 0.05) is 12.0 Å². The molecular formula is C19H22O. The molecule has 104 valence electrons. The van der Waals surface area contributed by atoms with Crippen molar-refractivity contribution in [3.8, 4) is 0 Å². The Morgan fingerprint density at radius 1 is 0.850 bits per heavy atom. The van der Waals surface area contributed by atoms with Gasteiger partial charge in [0.1, 0.15) is 0 Å². The van der Waals surface area contributed by atoms with Crippen LogP contribution in [0.3, 0.4) is 0 Å². The Morgan fingerprint density at radius 3 is 2.25 bits per heavy atom. The van der Waals surface area contributed by atoms with Crippen molar-refractivity contribution in [3.05, 3.63) is 69.8 Å². The van der Waals surface area contributed by atoms with E-state index in [0.717, 1.165) is 23.1 Å². The van der Waals surface area contributed by atoms with Gasteiger partial charge in [-0.3, -0.25) is 4.79 Å². The largest absolute Gasteiger partial charge is 0.294 e. The van der Waals surface area contributed by atoms with Crippen LogP contribution in [0.4, 0.5) is 0 Å². The average Bonchev–Trinajstić information content (AvgIpc) is 2.42. The number of hydrogen-bond donors (Lipinski definition) is 0. The molecule has 2 rings (SSSR count). The minimum Gasteiger partial charge on any atom is -0.294 e. The zero-order valence-corrected chi connectivity index (χ0v) is 12.8. The summed E-state index contributed by atoms with van der Waals surface area (Å²) in [7, 11) is 0. The molecule has 0 fully saturated rings. The monoisotopic (exact) mass is 266 g/mol. The molecule has 0 unspecified atom stereocenters. The van der Waals surface area contributed by atoms with Gasteiger partial charge in [0.05, 0.1) is 0 Å². The van der Waals surface area contributed by atoms with Crippen LogP contribution in [0.25, 0.3) is 0 Å². The standard InChI is InChI=1S/C19H22O/c1-13-5-6-15(3)18(11-13)19(20)10-9-17-8-7-14(2)16(4)12-17/h5-8,11-12H,9-10H2,1-4H3. The van der Waals surface area contributed by atoms with Crippen LogP contribution in [0.5, 0.6) is 0 Å². The number of carbonyl (C=O) groups excluding carboxylic acids is 1. The summed E-state index contributed by atoms with van der Waals surface area (Å²) < 4.78 is 0. The van der Waals surface area contributed by atoms with Gasteiger partial charge >= 0.3 is 0 Å². The van der Waals surface area contributed by atoms with Crippen molar-refractivity contribution in [3.63, 3.8) is 0 Å². The molecule has 2 aromatic carbocycles. The smallest absolute Gasteiger partial charge is 0.163 e. The minimum atomic E-state index is 0.240. The highest BCUT2D eigenvalue weighted by atomic mass is 16.1. The number of hydrogen-bond acceptors (Lipinski definition) is 1.